The van der Waals surface area contributed by atoms with Crippen molar-refractivity contribution in [3.05, 3.63) is 36.4 Å². The number of aromatic nitrogens is 2. The van der Waals surface area contributed by atoms with Crippen LogP contribution in [0.2, 0.25) is 0 Å². The topological polar surface area (TPSA) is 46.8 Å². The number of fused-ring (bicyclic) bond motifs is 1. The van der Waals surface area contributed by atoms with Crippen LogP contribution < -0.4 is 0 Å². The molecule has 0 unspecified atom stereocenters. The highest BCUT2D eigenvalue weighted by Crippen LogP contribution is 2.15. The highest BCUT2D eigenvalue weighted by Gasteiger charge is 2.21. The van der Waals surface area contributed by atoms with Crippen LogP contribution in [-0.4, -0.2) is 47.0 Å². The summed E-state index contributed by atoms with van der Waals surface area (Å²) in [7, 11) is 2.09. The Bertz CT molecular complexity index is 593. The summed E-state index contributed by atoms with van der Waals surface area (Å²) < 4.78 is 7.25. The molecule has 0 radical (unpaired) electrons. The van der Waals surface area contributed by atoms with Gasteiger partial charge in [0.05, 0.1) is 30.2 Å². The van der Waals surface area contributed by atoms with E-state index < -0.39 is 0 Å². The van der Waals surface area contributed by atoms with Gasteiger partial charge in [0.1, 0.15) is 0 Å². The maximum absolute atomic E-state index is 12.0. The normalized spacial score (nSPS) is 19.9. The minimum atomic E-state index is -0.252. The molecule has 3 heterocycles. The number of nitrogens with zero attached hydrogens (tertiary/aromatic N) is 3. The van der Waals surface area contributed by atoms with Crippen LogP contribution in [0.3, 0.4) is 0 Å². The highest BCUT2D eigenvalue weighted by molar-refractivity contribution is 5.90. The average Bonchev–Trinajstić information content (AvgIpc) is 3.03. The quantitative estimate of drug-likeness (QED) is 0.783. The zero-order valence-electron chi connectivity index (χ0n) is 11.0. The molecule has 5 nitrogen and oxygen atoms in total. The molecular weight excluding hydrogens is 242 g/mol. The minimum Gasteiger partial charge on any atom is -0.462 e. The van der Waals surface area contributed by atoms with Gasteiger partial charge in [0.2, 0.25) is 0 Å². The minimum absolute atomic E-state index is 0.252. The van der Waals surface area contributed by atoms with Crippen molar-refractivity contribution in [2.24, 2.45) is 5.92 Å². The lowest BCUT2D eigenvalue weighted by atomic mass is 10.1. The molecule has 0 amide bonds. The summed E-state index contributed by atoms with van der Waals surface area (Å²) in [5.74, 6) is 0.214. The van der Waals surface area contributed by atoms with Gasteiger partial charge in [-0.1, -0.05) is 0 Å². The molecule has 0 aliphatic carbocycles. The lowest BCUT2D eigenvalue weighted by Gasteiger charge is -2.11. The Morgan fingerprint density at radius 1 is 1.58 bits per heavy atom. The molecule has 1 aliphatic rings. The van der Waals surface area contributed by atoms with Crippen LogP contribution >= 0.6 is 0 Å². The van der Waals surface area contributed by atoms with E-state index in [9.17, 15) is 4.79 Å². The zero-order chi connectivity index (χ0) is 13.2. The van der Waals surface area contributed by atoms with Crippen LogP contribution in [0.15, 0.2) is 30.9 Å². The number of carbonyl (C=O) groups excluding carboxylic acids is 1. The molecule has 1 aliphatic heterocycles. The van der Waals surface area contributed by atoms with Gasteiger partial charge in [0.25, 0.3) is 0 Å². The molecule has 2 aromatic heterocycles. The third kappa shape index (κ3) is 2.61. The summed E-state index contributed by atoms with van der Waals surface area (Å²) in [6, 6.07) is 3.56. The van der Waals surface area contributed by atoms with E-state index in [0.29, 0.717) is 18.1 Å². The molecule has 1 saturated heterocycles. The van der Waals surface area contributed by atoms with E-state index in [1.165, 1.54) is 0 Å². The average molecular weight is 259 g/mol. The summed E-state index contributed by atoms with van der Waals surface area (Å²) in [6.07, 6.45) is 6.36. The fourth-order valence-electron chi connectivity index (χ4n) is 2.49. The smallest absolute Gasteiger partial charge is 0.338 e. The van der Waals surface area contributed by atoms with Gasteiger partial charge < -0.3 is 14.0 Å². The molecule has 3 rings (SSSR count). The van der Waals surface area contributed by atoms with Gasteiger partial charge in [-0.2, -0.15) is 0 Å². The first kappa shape index (κ1) is 12.2. The largest absolute Gasteiger partial charge is 0.462 e. The van der Waals surface area contributed by atoms with E-state index in [1.54, 1.807) is 24.7 Å². The zero-order valence-corrected chi connectivity index (χ0v) is 11.0. The Morgan fingerprint density at radius 3 is 3.26 bits per heavy atom. The number of carbonyl (C=O) groups is 1. The lowest BCUT2D eigenvalue weighted by Crippen LogP contribution is -2.18. The molecule has 0 saturated carbocycles. The van der Waals surface area contributed by atoms with Crippen molar-refractivity contribution in [3.8, 4) is 0 Å². The number of hydrogen-bond donors (Lipinski definition) is 0. The van der Waals surface area contributed by atoms with Crippen molar-refractivity contribution in [1.29, 1.82) is 0 Å². The maximum atomic E-state index is 12.0. The number of imidazole rings is 1. The van der Waals surface area contributed by atoms with Gasteiger partial charge in [-0.15, -0.1) is 0 Å². The Morgan fingerprint density at radius 2 is 2.47 bits per heavy atom. The molecule has 19 heavy (non-hydrogen) atoms. The van der Waals surface area contributed by atoms with Crippen LogP contribution in [0.4, 0.5) is 0 Å². The van der Waals surface area contributed by atoms with Crippen LogP contribution in [0.25, 0.3) is 5.52 Å². The molecule has 0 N–H and O–H groups in total. The maximum Gasteiger partial charge on any atom is 0.338 e. The Balaban J connectivity index is 1.63. The molecule has 1 atom stereocenters. The second kappa shape index (κ2) is 5.01. The monoisotopic (exact) mass is 259 g/mol. The summed E-state index contributed by atoms with van der Waals surface area (Å²) >= 11 is 0. The molecule has 5 heteroatoms. The number of likely N-dealkylation sites (tertiary alicyclic amines) is 1. The third-order valence-corrected chi connectivity index (χ3v) is 3.59. The van der Waals surface area contributed by atoms with Crippen LogP contribution in [0.5, 0.6) is 0 Å². The van der Waals surface area contributed by atoms with Crippen molar-refractivity contribution in [1.82, 2.24) is 14.3 Å². The highest BCUT2D eigenvalue weighted by atomic mass is 16.5. The SMILES string of the molecule is CN1CC[C@@H](COC(=O)c2ccn3cncc3c2)C1. The van der Waals surface area contributed by atoms with Gasteiger partial charge >= 0.3 is 5.97 Å². The fraction of sp³-hybridized carbons (Fsp3) is 0.429. The van der Waals surface area contributed by atoms with Gasteiger partial charge in [0, 0.05) is 18.7 Å². The van der Waals surface area contributed by atoms with Crippen LogP contribution in [-0.2, 0) is 4.74 Å². The predicted molar refractivity (Wildman–Crippen MR) is 71.1 cm³/mol. The fourth-order valence-corrected chi connectivity index (χ4v) is 2.49. The Kier molecular flexibility index (Phi) is 3.21. The first-order valence-corrected chi connectivity index (χ1v) is 6.50. The first-order chi connectivity index (χ1) is 9.22. The summed E-state index contributed by atoms with van der Waals surface area (Å²) in [5, 5.41) is 0. The molecule has 2 aromatic rings. The van der Waals surface area contributed by atoms with Crippen molar-refractivity contribution < 1.29 is 9.53 Å². The molecule has 1 fully saturated rings. The van der Waals surface area contributed by atoms with Crippen molar-refractivity contribution >= 4 is 11.5 Å². The molecule has 0 bridgehead atoms. The second-order valence-electron chi connectivity index (χ2n) is 5.16. The molecule has 100 valence electrons. The van der Waals surface area contributed by atoms with Gasteiger partial charge in [-0.05, 0) is 32.1 Å². The number of ether oxygens (including phenoxy) is 1. The number of esters is 1. The van der Waals surface area contributed by atoms with E-state index in [1.807, 2.05) is 10.6 Å². The summed E-state index contributed by atoms with van der Waals surface area (Å²) in [4.78, 5) is 18.3. The predicted octanol–water partition coefficient (Wildman–Crippen LogP) is 1.44. The van der Waals surface area contributed by atoms with Crippen LogP contribution in [0, 0.1) is 5.92 Å². The molecular formula is C14H17N3O2. The van der Waals surface area contributed by atoms with Crippen LogP contribution in [0.1, 0.15) is 16.8 Å². The van der Waals surface area contributed by atoms with Crippen molar-refractivity contribution in [3.63, 3.8) is 0 Å². The van der Waals surface area contributed by atoms with E-state index in [0.717, 1.165) is 25.0 Å². The molecule has 0 aromatic carbocycles. The second-order valence-corrected chi connectivity index (χ2v) is 5.16. The van der Waals surface area contributed by atoms with E-state index in [2.05, 4.69) is 16.9 Å². The summed E-state index contributed by atoms with van der Waals surface area (Å²) in [6.45, 7) is 2.60. The van der Waals surface area contributed by atoms with E-state index >= 15 is 0 Å². The third-order valence-electron chi connectivity index (χ3n) is 3.59. The van der Waals surface area contributed by atoms with Gasteiger partial charge in [0.15, 0.2) is 0 Å². The summed E-state index contributed by atoms with van der Waals surface area (Å²) in [5.41, 5.74) is 1.48. The van der Waals surface area contributed by atoms with E-state index in [-0.39, 0.29) is 5.97 Å². The van der Waals surface area contributed by atoms with Crippen molar-refractivity contribution in [2.45, 2.75) is 6.42 Å². The Hall–Kier alpha value is -1.88. The number of rotatable bonds is 3. The molecule has 0 spiro atoms. The van der Waals surface area contributed by atoms with Gasteiger partial charge in [-0.3, -0.25) is 0 Å². The number of hydrogen-bond acceptors (Lipinski definition) is 4. The first-order valence-electron chi connectivity index (χ1n) is 6.50. The Labute approximate surface area is 111 Å². The standard InChI is InChI=1S/C14H17N3O2/c1-16-4-2-11(8-16)9-19-14(18)12-3-5-17-10-15-7-13(17)6-12/h3,5-7,10-11H,2,4,8-9H2,1H3/t11-/m1/s1. The lowest BCUT2D eigenvalue weighted by molar-refractivity contribution is 0.0445. The number of pyridine rings is 1. The van der Waals surface area contributed by atoms with Gasteiger partial charge in [-0.25, -0.2) is 9.78 Å². The van der Waals surface area contributed by atoms with E-state index in [4.69, 9.17) is 4.74 Å². The van der Waals surface area contributed by atoms with Crippen molar-refractivity contribution in [2.75, 3.05) is 26.7 Å².